The largest absolute Gasteiger partial charge is 0.205 e. The second-order valence-electron chi connectivity index (χ2n) is 9.38. The van der Waals surface area contributed by atoms with Gasteiger partial charge in [-0.15, -0.1) is 0 Å². The van der Waals surface area contributed by atoms with Gasteiger partial charge >= 0.3 is 0 Å². The van der Waals surface area contributed by atoms with Gasteiger partial charge < -0.3 is 0 Å². The molecule has 0 aliphatic heterocycles. The molecule has 0 fully saturated rings. The Hall–Kier alpha value is -3.11. The molecule has 0 amide bonds. The predicted octanol–water partition coefficient (Wildman–Crippen LogP) is 9.42. The van der Waals surface area contributed by atoms with Gasteiger partial charge in [-0.1, -0.05) is 107 Å². The van der Waals surface area contributed by atoms with Crippen LogP contribution in [0.4, 0.5) is 4.39 Å². The molecule has 182 valence electrons. The van der Waals surface area contributed by atoms with E-state index in [1.165, 1.54) is 36.8 Å². The third kappa shape index (κ3) is 7.69. The average Bonchev–Trinajstić information content (AvgIpc) is 2.87. The SMILES string of the molecule is CCCCCCc1ccc(C#Cc2ccc(C(C)=Cc3ccc(CCC)cc3)c(CC)c2F)cc1. The Balaban J connectivity index is 1.76. The molecule has 0 aliphatic rings. The van der Waals surface area contributed by atoms with E-state index in [4.69, 9.17) is 0 Å². The van der Waals surface area contributed by atoms with Crippen LogP contribution in [0.25, 0.3) is 11.6 Å². The van der Waals surface area contributed by atoms with Gasteiger partial charge in [-0.05, 0) is 84.2 Å². The summed E-state index contributed by atoms with van der Waals surface area (Å²) in [6, 6.07) is 20.9. The van der Waals surface area contributed by atoms with Crippen LogP contribution in [0.2, 0.25) is 0 Å². The number of aryl methyl sites for hydroxylation is 2. The minimum Gasteiger partial charge on any atom is -0.205 e. The first kappa shape index (κ1) is 26.5. The van der Waals surface area contributed by atoms with Crippen molar-refractivity contribution in [2.75, 3.05) is 0 Å². The van der Waals surface area contributed by atoms with Gasteiger partial charge in [0, 0.05) is 5.56 Å². The molecular weight excluding hydrogens is 427 g/mol. The minimum absolute atomic E-state index is 0.198. The van der Waals surface area contributed by atoms with Crippen LogP contribution in [0, 0.1) is 17.7 Å². The lowest BCUT2D eigenvalue weighted by atomic mass is 9.94. The summed E-state index contributed by atoms with van der Waals surface area (Å²) in [5.74, 6) is 6.03. The van der Waals surface area contributed by atoms with E-state index >= 15 is 4.39 Å². The summed E-state index contributed by atoms with van der Waals surface area (Å²) in [6.45, 7) is 8.49. The summed E-state index contributed by atoms with van der Waals surface area (Å²) >= 11 is 0. The Morgan fingerprint density at radius 2 is 1.43 bits per heavy atom. The van der Waals surface area contributed by atoms with Crippen LogP contribution in [0.3, 0.4) is 0 Å². The third-order valence-corrected chi connectivity index (χ3v) is 6.54. The summed E-state index contributed by atoms with van der Waals surface area (Å²) in [5, 5.41) is 0. The molecule has 0 aromatic heterocycles. The summed E-state index contributed by atoms with van der Waals surface area (Å²) < 4.78 is 15.4. The molecule has 0 bridgehead atoms. The van der Waals surface area contributed by atoms with Crippen molar-refractivity contribution >= 4 is 11.6 Å². The van der Waals surface area contributed by atoms with Gasteiger partial charge in [-0.2, -0.15) is 0 Å². The van der Waals surface area contributed by atoms with Gasteiger partial charge in [0.15, 0.2) is 0 Å². The van der Waals surface area contributed by atoms with Crippen LogP contribution in [0.5, 0.6) is 0 Å². The van der Waals surface area contributed by atoms with Crippen LogP contribution in [-0.2, 0) is 19.3 Å². The van der Waals surface area contributed by atoms with Crippen molar-refractivity contribution in [1.29, 1.82) is 0 Å². The van der Waals surface area contributed by atoms with E-state index in [1.54, 1.807) is 0 Å². The molecular formula is C34H39F. The number of allylic oxidation sites excluding steroid dienone is 1. The number of hydrogen-bond acceptors (Lipinski definition) is 0. The van der Waals surface area contributed by atoms with Crippen LogP contribution >= 0.6 is 0 Å². The van der Waals surface area contributed by atoms with E-state index in [-0.39, 0.29) is 5.82 Å². The van der Waals surface area contributed by atoms with E-state index in [0.717, 1.165) is 47.1 Å². The minimum atomic E-state index is -0.198. The molecule has 0 atom stereocenters. The summed E-state index contributed by atoms with van der Waals surface area (Å²) in [4.78, 5) is 0. The molecule has 3 rings (SSSR count). The lowest BCUT2D eigenvalue weighted by Gasteiger charge is -2.11. The Bertz CT molecular complexity index is 1170. The van der Waals surface area contributed by atoms with Crippen LogP contribution in [0.15, 0.2) is 60.7 Å². The smallest absolute Gasteiger partial charge is 0.142 e. The first-order valence-electron chi connectivity index (χ1n) is 13.3. The van der Waals surface area contributed by atoms with Gasteiger partial charge in [0.05, 0.1) is 5.56 Å². The fourth-order valence-electron chi connectivity index (χ4n) is 4.48. The number of rotatable bonds is 10. The lowest BCUT2D eigenvalue weighted by molar-refractivity contribution is 0.608. The highest BCUT2D eigenvalue weighted by molar-refractivity contribution is 5.82. The third-order valence-electron chi connectivity index (χ3n) is 6.54. The lowest BCUT2D eigenvalue weighted by Crippen LogP contribution is -1.98. The number of hydrogen-bond donors (Lipinski definition) is 0. The number of unbranched alkanes of at least 4 members (excludes halogenated alkanes) is 3. The van der Waals surface area contributed by atoms with Crippen LogP contribution in [0.1, 0.15) is 98.7 Å². The summed E-state index contributed by atoms with van der Waals surface area (Å²) in [7, 11) is 0. The molecule has 0 aliphatic carbocycles. The fraction of sp³-hybridized carbons (Fsp3) is 0.353. The van der Waals surface area contributed by atoms with E-state index in [0.29, 0.717) is 12.0 Å². The highest BCUT2D eigenvalue weighted by Gasteiger charge is 2.12. The first-order chi connectivity index (χ1) is 17.0. The molecule has 0 saturated carbocycles. The van der Waals surface area contributed by atoms with Gasteiger partial charge in [-0.3, -0.25) is 0 Å². The standard InChI is InChI=1S/C34H39F/c1-5-8-9-10-12-28-13-15-29(16-14-28)21-22-31-23-24-33(32(7-3)34(31)35)26(4)25-30-19-17-27(11-6-2)18-20-30/h13-20,23-25H,5-12H2,1-4H3. The zero-order valence-corrected chi connectivity index (χ0v) is 21.9. The van der Waals surface area contributed by atoms with Crippen molar-refractivity contribution in [3.8, 4) is 11.8 Å². The molecule has 0 unspecified atom stereocenters. The number of benzene rings is 3. The van der Waals surface area contributed by atoms with Crippen molar-refractivity contribution in [3.05, 3.63) is 105 Å². The molecule has 0 saturated heterocycles. The maximum atomic E-state index is 15.4. The highest BCUT2D eigenvalue weighted by Crippen LogP contribution is 2.26. The van der Waals surface area contributed by atoms with Crippen molar-refractivity contribution < 1.29 is 4.39 Å². The molecule has 3 aromatic carbocycles. The quantitative estimate of drug-likeness (QED) is 0.159. The first-order valence-corrected chi connectivity index (χ1v) is 13.3. The van der Waals surface area contributed by atoms with Crippen molar-refractivity contribution in [2.45, 2.75) is 79.1 Å². The van der Waals surface area contributed by atoms with Gasteiger partial charge in [0.25, 0.3) is 0 Å². The Morgan fingerprint density at radius 3 is 2.09 bits per heavy atom. The fourth-order valence-corrected chi connectivity index (χ4v) is 4.48. The Kier molecular flexibility index (Phi) is 10.4. The molecule has 0 radical (unpaired) electrons. The topological polar surface area (TPSA) is 0 Å². The monoisotopic (exact) mass is 466 g/mol. The van der Waals surface area contributed by atoms with E-state index in [1.807, 2.05) is 31.2 Å². The van der Waals surface area contributed by atoms with Crippen molar-refractivity contribution in [3.63, 3.8) is 0 Å². The average molecular weight is 467 g/mol. The molecule has 3 aromatic rings. The Labute approximate surface area is 212 Å². The predicted molar refractivity (Wildman–Crippen MR) is 150 cm³/mol. The zero-order chi connectivity index (χ0) is 25.0. The van der Waals surface area contributed by atoms with Gasteiger partial charge in [-0.25, -0.2) is 4.39 Å². The molecule has 1 heteroatoms. The Morgan fingerprint density at radius 1 is 0.743 bits per heavy atom. The maximum absolute atomic E-state index is 15.4. The molecule has 0 spiro atoms. The van der Waals surface area contributed by atoms with E-state index in [9.17, 15) is 0 Å². The summed E-state index contributed by atoms with van der Waals surface area (Å²) in [6.07, 6.45) is 11.2. The van der Waals surface area contributed by atoms with E-state index in [2.05, 4.69) is 75.1 Å². The molecule has 0 heterocycles. The van der Waals surface area contributed by atoms with Gasteiger partial charge in [0.1, 0.15) is 5.82 Å². The van der Waals surface area contributed by atoms with Crippen molar-refractivity contribution in [1.82, 2.24) is 0 Å². The second-order valence-corrected chi connectivity index (χ2v) is 9.38. The zero-order valence-electron chi connectivity index (χ0n) is 21.9. The molecule has 0 nitrogen and oxygen atoms in total. The van der Waals surface area contributed by atoms with Crippen LogP contribution in [-0.4, -0.2) is 0 Å². The maximum Gasteiger partial charge on any atom is 0.142 e. The highest BCUT2D eigenvalue weighted by atomic mass is 19.1. The van der Waals surface area contributed by atoms with Gasteiger partial charge in [0.2, 0.25) is 0 Å². The summed E-state index contributed by atoms with van der Waals surface area (Å²) in [5.41, 5.74) is 7.99. The second kappa shape index (κ2) is 13.7. The van der Waals surface area contributed by atoms with E-state index < -0.39 is 0 Å². The number of halogens is 1. The van der Waals surface area contributed by atoms with Crippen molar-refractivity contribution in [2.24, 2.45) is 0 Å². The normalized spacial score (nSPS) is 11.3. The molecule has 35 heavy (non-hydrogen) atoms. The molecule has 0 N–H and O–H groups in total. The van der Waals surface area contributed by atoms with Crippen LogP contribution < -0.4 is 0 Å².